The predicted molar refractivity (Wildman–Crippen MR) is 317 cm³/mol. The van der Waals surface area contributed by atoms with Crippen LogP contribution in [0.25, 0.3) is 33.2 Å². The number of furan rings is 1. The first-order valence-electron chi connectivity index (χ1n) is 26.9. The zero-order chi connectivity index (χ0) is 52.0. The molecule has 370 valence electrons. The summed E-state index contributed by atoms with van der Waals surface area (Å²) >= 11 is 0. The van der Waals surface area contributed by atoms with Crippen LogP contribution in [0.1, 0.15) is 74.9 Å². The van der Waals surface area contributed by atoms with Crippen LogP contribution >= 0.6 is 0 Å². The fourth-order valence-electron chi connectivity index (χ4n) is 13.0. The highest BCUT2D eigenvalue weighted by molar-refractivity contribution is 7.00. The topological polar surface area (TPSA) is 38.1 Å². The van der Waals surface area contributed by atoms with Gasteiger partial charge in [-0.3, -0.25) is 0 Å². The van der Waals surface area contributed by atoms with Crippen LogP contribution in [0, 0.1) is 0 Å². The average molecular weight is 995 g/mol. The van der Waals surface area contributed by atoms with E-state index in [4.69, 9.17) is 13.9 Å². The van der Waals surface area contributed by atoms with Gasteiger partial charge in [0.1, 0.15) is 28.6 Å². The van der Waals surface area contributed by atoms with E-state index in [0.29, 0.717) is 0 Å². The van der Waals surface area contributed by atoms with E-state index in [9.17, 15) is 0 Å². The molecule has 6 heteroatoms. The van der Waals surface area contributed by atoms with Gasteiger partial charge in [-0.15, -0.1) is 0 Å². The summed E-state index contributed by atoms with van der Waals surface area (Å²) in [6.45, 7) is 13.3. The third kappa shape index (κ3) is 6.67. The zero-order valence-electron chi connectivity index (χ0n) is 44.1. The summed E-state index contributed by atoms with van der Waals surface area (Å²) in [5.74, 6) is 3.28. The molecule has 4 aliphatic heterocycles. The van der Waals surface area contributed by atoms with Crippen molar-refractivity contribution in [2.75, 3.05) is 9.80 Å². The van der Waals surface area contributed by atoms with Crippen molar-refractivity contribution < 1.29 is 13.9 Å². The lowest BCUT2D eigenvalue weighted by atomic mass is 9.34. The third-order valence-corrected chi connectivity index (χ3v) is 16.7. The van der Waals surface area contributed by atoms with Crippen molar-refractivity contribution in [1.29, 1.82) is 0 Å². The van der Waals surface area contributed by atoms with E-state index >= 15 is 0 Å². The molecule has 5 heterocycles. The van der Waals surface area contributed by atoms with Gasteiger partial charge in [0, 0.05) is 61.5 Å². The summed E-state index contributed by atoms with van der Waals surface area (Å²) in [5, 5.41) is 1.04. The molecule has 0 unspecified atom stereocenters. The summed E-state index contributed by atoms with van der Waals surface area (Å²) < 4.78 is 22.1. The van der Waals surface area contributed by atoms with E-state index in [1.54, 1.807) is 0 Å². The fraction of sp³-hybridized carbons (Fsp3) is 0.127. The van der Waals surface area contributed by atoms with Gasteiger partial charge < -0.3 is 23.7 Å². The van der Waals surface area contributed by atoms with Crippen molar-refractivity contribution in [2.24, 2.45) is 0 Å². The second-order valence-electron chi connectivity index (χ2n) is 23.2. The minimum Gasteiger partial charge on any atom is -0.468 e. The molecule has 77 heavy (non-hydrogen) atoms. The maximum Gasteiger partial charge on any atom is 0.301 e. The first kappa shape index (κ1) is 45.4. The summed E-state index contributed by atoms with van der Waals surface area (Å²) in [6, 6.07) is 81.9. The average Bonchev–Trinajstić information content (AvgIpc) is 4.06. The van der Waals surface area contributed by atoms with Crippen LogP contribution in [0.3, 0.4) is 0 Å². The Labute approximate surface area is 450 Å². The van der Waals surface area contributed by atoms with Crippen molar-refractivity contribution in [2.45, 2.75) is 57.8 Å². The monoisotopic (exact) mass is 994 g/mol. The smallest absolute Gasteiger partial charge is 0.301 e. The Morgan fingerprint density at radius 1 is 0.390 bits per heavy atom. The number of hydrogen-bond donors (Lipinski definition) is 0. The quantitative estimate of drug-likeness (QED) is 0.164. The number of benzene rings is 10. The molecular formula is C71H55BN2O3. The second kappa shape index (κ2) is 16.5. The van der Waals surface area contributed by atoms with Gasteiger partial charge in [-0.1, -0.05) is 193 Å². The highest BCUT2D eigenvalue weighted by Crippen LogP contribution is 2.62. The van der Waals surface area contributed by atoms with Crippen LogP contribution in [0.15, 0.2) is 229 Å². The lowest BCUT2D eigenvalue weighted by Gasteiger charge is -2.47. The molecule has 11 aromatic rings. The van der Waals surface area contributed by atoms with E-state index in [1.165, 1.54) is 11.1 Å². The van der Waals surface area contributed by atoms with Gasteiger partial charge in [0.05, 0.1) is 16.8 Å². The number of para-hydroxylation sites is 3. The normalized spacial score (nSPS) is 14.3. The van der Waals surface area contributed by atoms with Crippen LogP contribution in [0.2, 0.25) is 0 Å². The van der Waals surface area contributed by atoms with Crippen molar-refractivity contribution in [3.63, 3.8) is 0 Å². The van der Waals surface area contributed by atoms with Crippen LogP contribution in [0.4, 0.5) is 34.1 Å². The van der Waals surface area contributed by atoms with E-state index in [-0.39, 0.29) is 10.8 Å². The SMILES string of the molecule is CC(C)(C)c1ccc(N2c3cc(-c4ccccc4)cc4c3B(c3oc5ccc(-c6ccccc6)cc5c3N4c3ccc(C(C)(C)C)cc3)c3c2ccc2c3Oc3ccccc3C23c2ccccc2Oc2ccccc23)cc1. The first-order valence-corrected chi connectivity index (χ1v) is 26.9. The molecule has 0 N–H and O–H groups in total. The van der Waals surface area contributed by atoms with Gasteiger partial charge in [0.2, 0.25) is 0 Å². The molecule has 1 spiro atoms. The van der Waals surface area contributed by atoms with Gasteiger partial charge in [-0.25, -0.2) is 0 Å². The lowest BCUT2D eigenvalue weighted by Crippen LogP contribution is -2.61. The highest BCUT2D eigenvalue weighted by Gasteiger charge is 2.55. The molecule has 0 aliphatic carbocycles. The first-order chi connectivity index (χ1) is 37.4. The Bertz CT molecular complexity index is 4120. The number of anilines is 6. The van der Waals surface area contributed by atoms with Crippen molar-refractivity contribution in [3.05, 3.63) is 258 Å². The minimum atomic E-state index is -0.805. The van der Waals surface area contributed by atoms with Crippen LogP contribution in [-0.2, 0) is 16.2 Å². The molecular weight excluding hydrogens is 940 g/mol. The summed E-state index contributed by atoms with van der Waals surface area (Å²) in [7, 11) is 0. The highest BCUT2D eigenvalue weighted by atomic mass is 16.5. The number of hydrogen-bond acceptors (Lipinski definition) is 5. The summed E-state index contributed by atoms with van der Waals surface area (Å²) in [6.07, 6.45) is 0. The zero-order valence-corrected chi connectivity index (χ0v) is 44.1. The van der Waals surface area contributed by atoms with Gasteiger partial charge in [-0.05, 0) is 122 Å². The molecule has 4 aliphatic rings. The van der Waals surface area contributed by atoms with Crippen LogP contribution in [-0.4, -0.2) is 6.71 Å². The minimum absolute atomic E-state index is 0.0384. The predicted octanol–water partition coefficient (Wildman–Crippen LogP) is 17.0. The number of rotatable bonds is 4. The molecule has 0 bridgehead atoms. The van der Waals surface area contributed by atoms with Crippen LogP contribution < -0.4 is 35.9 Å². The van der Waals surface area contributed by atoms with E-state index in [2.05, 4.69) is 276 Å². The van der Waals surface area contributed by atoms with E-state index in [0.717, 1.165) is 129 Å². The number of nitrogens with zero attached hydrogens (tertiary/aromatic N) is 2. The largest absolute Gasteiger partial charge is 0.468 e. The Morgan fingerprint density at radius 3 is 1.44 bits per heavy atom. The molecule has 15 rings (SSSR count). The second-order valence-corrected chi connectivity index (χ2v) is 23.2. The van der Waals surface area contributed by atoms with Gasteiger partial charge in [0.25, 0.3) is 0 Å². The molecule has 0 radical (unpaired) electrons. The molecule has 0 amide bonds. The van der Waals surface area contributed by atoms with Crippen molar-refractivity contribution in [3.8, 4) is 45.3 Å². The molecule has 0 saturated carbocycles. The maximum atomic E-state index is 7.69. The lowest BCUT2D eigenvalue weighted by molar-refractivity contribution is 0.401. The van der Waals surface area contributed by atoms with Gasteiger partial charge >= 0.3 is 6.71 Å². The standard InChI is InChI=1S/C71H55BN2O3/c1-69(2,3)48-30-34-50(35-31-48)73-57-39-38-56-67(76-63-28-18-15-25-55(63)71(56)53-23-13-16-26-61(53)75-62-27-17-14-24-54(62)71)65(57)72-64-58(73)42-47(45-21-11-8-12-22-45)43-59(64)74(51-36-32-49(33-37-51)70(4,5)6)66-52-41-46(44-19-9-7-10-20-44)29-40-60(52)77-68(66)72/h7-43H,1-6H3. The Morgan fingerprint density at radius 2 is 0.883 bits per heavy atom. The molecule has 1 aromatic heterocycles. The van der Waals surface area contributed by atoms with Crippen molar-refractivity contribution >= 4 is 68.4 Å². The summed E-state index contributed by atoms with van der Waals surface area (Å²) in [5.41, 5.74) is 20.7. The molecule has 0 saturated heterocycles. The molecule has 10 aromatic carbocycles. The fourth-order valence-corrected chi connectivity index (χ4v) is 13.0. The van der Waals surface area contributed by atoms with Crippen LogP contribution in [0.5, 0.6) is 23.0 Å². The van der Waals surface area contributed by atoms with Crippen molar-refractivity contribution in [1.82, 2.24) is 0 Å². The third-order valence-electron chi connectivity index (χ3n) is 16.7. The van der Waals surface area contributed by atoms with E-state index < -0.39 is 12.1 Å². The Hall–Kier alpha value is -9.00. The molecule has 0 fully saturated rings. The Kier molecular flexibility index (Phi) is 9.73. The molecule has 0 atom stereocenters. The Balaban J connectivity index is 1.10. The van der Waals surface area contributed by atoms with Gasteiger partial charge in [0.15, 0.2) is 0 Å². The number of fused-ring (bicyclic) bond motifs is 15. The maximum absolute atomic E-state index is 7.69. The molecule has 5 nitrogen and oxygen atoms in total. The van der Waals surface area contributed by atoms with E-state index in [1.807, 2.05) is 0 Å². The number of ether oxygens (including phenoxy) is 2. The summed E-state index contributed by atoms with van der Waals surface area (Å²) in [4.78, 5) is 4.99. The van der Waals surface area contributed by atoms with Gasteiger partial charge in [-0.2, -0.15) is 0 Å².